The third-order valence-electron chi connectivity index (χ3n) is 4.36. The number of nitrogens with one attached hydrogen (secondary N) is 1. The van der Waals surface area contributed by atoms with Crippen LogP contribution in [0.4, 0.5) is 10.8 Å². The molecule has 1 atom stereocenters. The summed E-state index contributed by atoms with van der Waals surface area (Å²) in [5, 5.41) is 12.1. The van der Waals surface area contributed by atoms with Crippen molar-refractivity contribution in [2.45, 2.75) is 33.6 Å². The number of benzene rings is 1. The van der Waals surface area contributed by atoms with Gasteiger partial charge >= 0.3 is 0 Å². The number of rotatable bonds is 4. The van der Waals surface area contributed by atoms with Gasteiger partial charge in [0, 0.05) is 18.7 Å². The van der Waals surface area contributed by atoms with Gasteiger partial charge in [0.05, 0.1) is 5.92 Å². The maximum Gasteiger partial charge on any atom is 0.231 e. The number of carbonyl (C=O) groups is 2. The first-order chi connectivity index (χ1) is 11.5. The Morgan fingerprint density at radius 2 is 2.17 bits per heavy atom. The predicted octanol–water partition coefficient (Wildman–Crippen LogP) is 2.71. The second-order valence-corrected chi connectivity index (χ2v) is 7.03. The number of hydrogen-bond acceptors (Lipinski definition) is 5. The van der Waals surface area contributed by atoms with Crippen molar-refractivity contribution in [2.24, 2.45) is 5.92 Å². The Balaban J connectivity index is 1.72. The van der Waals surface area contributed by atoms with Crippen molar-refractivity contribution in [3.8, 4) is 0 Å². The summed E-state index contributed by atoms with van der Waals surface area (Å²) in [6.07, 6.45) is 1.01. The maximum absolute atomic E-state index is 12.4. The lowest BCUT2D eigenvalue weighted by Crippen LogP contribution is -2.28. The van der Waals surface area contributed by atoms with Gasteiger partial charge in [0.25, 0.3) is 0 Å². The van der Waals surface area contributed by atoms with E-state index in [1.54, 1.807) is 4.90 Å². The predicted molar refractivity (Wildman–Crippen MR) is 94.3 cm³/mol. The molecule has 1 aliphatic heterocycles. The van der Waals surface area contributed by atoms with Crippen LogP contribution in [0.5, 0.6) is 0 Å². The number of aromatic nitrogens is 2. The zero-order chi connectivity index (χ0) is 17.3. The van der Waals surface area contributed by atoms with Crippen LogP contribution in [-0.2, 0) is 16.0 Å². The fraction of sp³-hybridized carbons (Fsp3) is 0.412. The molecule has 2 aromatic rings. The van der Waals surface area contributed by atoms with Crippen LogP contribution in [-0.4, -0.2) is 28.6 Å². The van der Waals surface area contributed by atoms with Crippen LogP contribution >= 0.6 is 11.3 Å². The van der Waals surface area contributed by atoms with Gasteiger partial charge in [0.2, 0.25) is 16.9 Å². The van der Waals surface area contributed by atoms with Gasteiger partial charge in [-0.15, -0.1) is 10.2 Å². The number of nitrogens with zero attached hydrogens (tertiary/aromatic N) is 3. The van der Waals surface area contributed by atoms with E-state index in [4.69, 9.17) is 0 Å². The standard InChI is InChI=1S/C17H20N4O2S/c1-4-14-19-20-17(24-14)18-16(23)12-8-15(22)21(9-12)13-7-5-6-10(2)11(13)3/h5-7,12H,4,8-9H2,1-3H3,(H,18,20,23)/t12-/m0/s1. The van der Waals surface area contributed by atoms with Gasteiger partial charge in [-0.05, 0) is 37.5 Å². The molecule has 0 bridgehead atoms. The molecule has 0 spiro atoms. The average molecular weight is 344 g/mol. The fourth-order valence-corrected chi connectivity index (χ4v) is 3.48. The summed E-state index contributed by atoms with van der Waals surface area (Å²) in [6, 6.07) is 5.88. The minimum Gasteiger partial charge on any atom is -0.311 e. The second kappa shape index (κ2) is 6.68. The number of aryl methyl sites for hydroxylation is 2. The first-order valence-corrected chi connectivity index (χ1v) is 8.81. The lowest BCUT2D eigenvalue weighted by atomic mass is 10.1. The van der Waals surface area contributed by atoms with Gasteiger partial charge in [-0.1, -0.05) is 30.4 Å². The minimum atomic E-state index is -0.369. The summed E-state index contributed by atoms with van der Waals surface area (Å²) < 4.78 is 0. The molecule has 7 heteroatoms. The number of hydrogen-bond donors (Lipinski definition) is 1. The van der Waals surface area contributed by atoms with E-state index < -0.39 is 0 Å². The zero-order valence-corrected chi connectivity index (χ0v) is 14.8. The van der Waals surface area contributed by atoms with Crippen molar-refractivity contribution >= 4 is 34.0 Å². The summed E-state index contributed by atoms with van der Waals surface area (Å²) in [6.45, 7) is 6.40. The van der Waals surface area contributed by atoms with Crippen LogP contribution in [0.25, 0.3) is 0 Å². The summed E-state index contributed by atoms with van der Waals surface area (Å²) >= 11 is 1.37. The van der Waals surface area contributed by atoms with Crippen molar-refractivity contribution in [1.82, 2.24) is 10.2 Å². The molecule has 1 aliphatic rings. The van der Waals surface area contributed by atoms with Gasteiger partial charge in [0.15, 0.2) is 0 Å². The summed E-state index contributed by atoms with van der Waals surface area (Å²) in [7, 11) is 0. The molecule has 0 aliphatic carbocycles. The molecule has 2 amide bonds. The Hall–Kier alpha value is -2.28. The second-order valence-electron chi connectivity index (χ2n) is 5.97. The van der Waals surface area contributed by atoms with Crippen molar-refractivity contribution in [1.29, 1.82) is 0 Å². The maximum atomic E-state index is 12.4. The first kappa shape index (κ1) is 16.6. The molecule has 1 N–H and O–H groups in total. The van der Waals surface area contributed by atoms with E-state index >= 15 is 0 Å². The van der Waals surface area contributed by atoms with Crippen molar-refractivity contribution < 1.29 is 9.59 Å². The third kappa shape index (κ3) is 3.17. The Morgan fingerprint density at radius 1 is 1.38 bits per heavy atom. The van der Waals surface area contributed by atoms with Crippen LogP contribution in [0.1, 0.15) is 29.5 Å². The fourth-order valence-electron chi connectivity index (χ4n) is 2.80. The normalized spacial score (nSPS) is 17.4. The van der Waals surface area contributed by atoms with Gasteiger partial charge in [0.1, 0.15) is 5.01 Å². The molecule has 0 radical (unpaired) electrons. The van der Waals surface area contributed by atoms with Crippen molar-refractivity contribution in [2.75, 3.05) is 16.8 Å². The highest BCUT2D eigenvalue weighted by Crippen LogP contribution is 2.30. The zero-order valence-electron chi connectivity index (χ0n) is 14.0. The molecule has 1 fully saturated rings. The molecule has 3 rings (SSSR count). The molecule has 1 saturated heterocycles. The molecule has 24 heavy (non-hydrogen) atoms. The number of anilines is 2. The highest BCUT2D eigenvalue weighted by molar-refractivity contribution is 7.15. The van der Waals surface area contributed by atoms with E-state index in [0.29, 0.717) is 11.7 Å². The van der Waals surface area contributed by atoms with Gasteiger partial charge in [-0.2, -0.15) is 0 Å². The van der Waals surface area contributed by atoms with Crippen LogP contribution in [0.15, 0.2) is 18.2 Å². The molecule has 0 unspecified atom stereocenters. The molecule has 1 aromatic carbocycles. The van der Waals surface area contributed by atoms with Crippen molar-refractivity contribution in [3.63, 3.8) is 0 Å². The topological polar surface area (TPSA) is 75.2 Å². The molecule has 126 valence electrons. The van der Waals surface area contributed by atoms with Crippen LogP contribution < -0.4 is 10.2 Å². The Morgan fingerprint density at radius 3 is 2.88 bits per heavy atom. The monoisotopic (exact) mass is 344 g/mol. The Labute approximate surface area is 144 Å². The Kier molecular flexibility index (Phi) is 4.62. The smallest absolute Gasteiger partial charge is 0.231 e. The lowest BCUT2D eigenvalue weighted by Gasteiger charge is -2.20. The third-order valence-corrected chi connectivity index (χ3v) is 5.35. The van der Waals surface area contributed by atoms with Crippen LogP contribution in [0, 0.1) is 19.8 Å². The van der Waals surface area contributed by atoms with Gasteiger partial charge in [-0.25, -0.2) is 0 Å². The average Bonchev–Trinajstić information content (AvgIpc) is 3.16. The molecule has 0 saturated carbocycles. The molecule has 6 nitrogen and oxygen atoms in total. The van der Waals surface area contributed by atoms with E-state index in [-0.39, 0.29) is 24.2 Å². The summed E-state index contributed by atoms with van der Waals surface area (Å²) in [4.78, 5) is 26.5. The Bertz CT molecular complexity index is 787. The lowest BCUT2D eigenvalue weighted by molar-refractivity contribution is -0.122. The highest BCUT2D eigenvalue weighted by Gasteiger charge is 2.36. The first-order valence-electron chi connectivity index (χ1n) is 7.99. The number of carbonyl (C=O) groups excluding carboxylic acids is 2. The molecule has 1 aromatic heterocycles. The van der Waals surface area contributed by atoms with Crippen LogP contribution in [0.3, 0.4) is 0 Å². The van der Waals surface area contributed by atoms with E-state index in [1.165, 1.54) is 11.3 Å². The van der Waals surface area contributed by atoms with E-state index in [2.05, 4.69) is 15.5 Å². The van der Waals surface area contributed by atoms with Gasteiger partial charge in [-0.3, -0.25) is 9.59 Å². The van der Waals surface area contributed by atoms with Crippen molar-refractivity contribution in [3.05, 3.63) is 34.3 Å². The van der Waals surface area contributed by atoms with E-state index in [9.17, 15) is 9.59 Å². The highest BCUT2D eigenvalue weighted by atomic mass is 32.1. The summed E-state index contributed by atoms with van der Waals surface area (Å²) in [5.41, 5.74) is 3.09. The quantitative estimate of drug-likeness (QED) is 0.925. The van der Waals surface area contributed by atoms with Crippen LogP contribution in [0.2, 0.25) is 0 Å². The molecule has 2 heterocycles. The molecular formula is C17H20N4O2S. The number of amides is 2. The largest absolute Gasteiger partial charge is 0.311 e. The minimum absolute atomic E-state index is 0.0182. The molecular weight excluding hydrogens is 324 g/mol. The van der Waals surface area contributed by atoms with Gasteiger partial charge < -0.3 is 10.2 Å². The summed E-state index contributed by atoms with van der Waals surface area (Å²) in [5.74, 6) is -0.559. The SMILES string of the molecule is CCc1nnc(NC(=O)[C@H]2CC(=O)N(c3cccc(C)c3C)C2)s1. The van der Waals surface area contributed by atoms with E-state index in [0.717, 1.165) is 28.2 Å². The van der Waals surface area contributed by atoms with E-state index in [1.807, 2.05) is 39.0 Å².